The minimum absolute atomic E-state index is 0. The van der Waals surface area contributed by atoms with Crippen molar-refractivity contribution in [2.75, 3.05) is 0 Å². The van der Waals surface area contributed by atoms with Crippen molar-refractivity contribution in [3.05, 3.63) is 66.2 Å². The number of hydrogen-bond acceptors (Lipinski definition) is 5. The molecular formula is C19H16N3O3W-. The number of hydrogen-bond donors (Lipinski definition) is 1. The molecule has 7 heteroatoms. The number of carbonyl (C=O) groups excluding carboxylic acids is 1. The quantitative estimate of drug-likeness (QED) is 0.319. The van der Waals surface area contributed by atoms with Crippen LogP contribution in [-0.2, 0) is 37.2 Å². The zero-order valence-corrected chi connectivity index (χ0v) is 16.9. The van der Waals surface area contributed by atoms with Gasteiger partial charge >= 0.3 is 5.97 Å². The van der Waals surface area contributed by atoms with Gasteiger partial charge in [0.2, 0.25) is 0 Å². The van der Waals surface area contributed by atoms with Gasteiger partial charge in [0, 0.05) is 32.2 Å². The molecule has 1 aromatic heterocycles. The summed E-state index contributed by atoms with van der Waals surface area (Å²) in [5, 5.41) is 19.2. The van der Waals surface area contributed by atoms with Crippen LogP contribution >= 0.6 is 0 Å². The van der Waals surface area contributed by atoms with Gasteiger partial charge in [-0.05, 0) is 19.1 Å². The number of para-hydroxylation sites is 1. The van der Waals surface area contributed by atoms with Crippen molar-refractivity contribution in [2.24, 2.45) is 0 Å². The number of carbonyl (C=O) groups is 1. The van der Waals surface area contributed by atoms with Gasteiger partial charge in [0.05, 0.1) is 6.89 Å². The third-order valence-electron chi connectivity index (χ3n) is 3.54. The third kappa shape index (κ3) is 3.91. The Morgan fingerprint density at radius 2 is 2.12 bits per heavy atom. The fraction of sp³-hybridized carbons (Fsp3) is 0.105. The van der Waals surface area contributed by atoms with Crippen LogP contribution in [0.25, 0.3) is 22.8 Å². The van der Waals surface area contributed by atoms with Gasteiger partial charge < -0.3 is 9.84 Å². The zero-order chi connectivity index (χ0) is 18.8. The van der Waals surface area contributed by atoms with E-state index in [2.05, 4.69) is 16.8 Å². The molecule has 0 radical (unpaired) electrons. The van der Waals surface area contributed by atoms with Crippen molar-refractivity contribution in [3.8, 4) is 11.4 Å². The minimum atomic E-state index is -0.574. The zero-order valence-electron chi connectivity index (χ0n) is 15.0. The number of benzene rings is 2. The molecule has 3 rings (SSSR count). The fourth-order valence-electron chi connectivity index (χ4n) is 2.19. The monoisotopic (exact) mass is 519 g/mol. The van der Waals surface area contributed by atoms with Crippen LogP contribution in [0.3, 0.4) is 0 Å². The van der Waals surface area contributed by atoms with Gasteiger partial charge in [0.25, 0.3) is 0 Å². The number of ether oxygens (including phenoxy) is 1. The maximum absolute atomic E-state index is 11.6. The van der Waals surface area contributed by atoms with Crippen LogP contribution in [0.2, 0.25) is 0 Å². The number of esters is 1. The molecule has 1 N–H and O–H groups in total. The number of nitrogens with zero attached hydrogens (tertiary/aromatic N) is 3. The van der Waals surface area contributed by atoms with Crippen LogP contribution in [0.4, 0.5) is 0 Å². The standard InChI is InChI=1S/C19H16N3O3.W/c1-4-13-8-9-15-16(10-13)21-22(20-15)17-7-5-6-14(18(17)23)11-25-19(24)12(2)3;/h1,4-10,23H,2,11H2,3H3;/q-1;/i5D;. The van der Waals surface area contributed by atoms with Crippen molar-refractivity contribution < 1.29 is 37.1 Å². The Labute approximate surface area is 166 Å². The van der Waals surface area contributed by atoms with Crippen LogP contribution in [0, 0.1) is 6.58 Å². The maximum atomic E-state index is 11.6. The number of aromatic hydroxyl groups is 1. The largest absolute Gasteiger partial charge is 0.505 e. The van der Waals surface area contributed by atoms with Crippen molar-refractivity contribution in [3.63, 3.8) is 0 Å². The molecule has 6 nitrogen and oxygen atoms in total. The molecule has 0 fully saturated rings. The van der Waals surface area contributed by atoms with E-state index in [0.717, 1.165) is 5.56 Å². The number of fused-ring (bicyclic) bond motifs is 1. The topological polar surface area (TPSA) is 77.2 Å². The molecule has 3 aromatic rings. The minimum Gasteiger partial charge on any atom is -0.505 e. The summed E-state index contributed by atoms with van der Waals surface area (Å²) in [4.78, 5) is 12.8. The van der Waals surface area contributed by atoms with Gasteiger partial charge in [0.1, 0.15) is 23.6 Å². The summed E-state index contributed by atoms with van der Waals surface area (Å²) in [5.74, 6) is -0.740. The van der Waals surface area contributed by atoms with E-state index in [1.54, 1.807) is 18.2 Å². The summed E-state index contributed by atoms with van der Waals surface area (Å²) in [6.07, 6.45) is 1.45. The molecule has 0 bridgehead atoms. The molecule has 0 unspecified atom stereocenters. The predicted octanol–water partition coefficient (Wildman–Crippen LogP) is 3.19. The third-order valence-corrected chi connectivity index (χ3v) is 3.54. The van der Waals surface area contributed by atoms with Crippen molar-refractivity contribution in [2.45, 2.75) is 13.5 Å². The van der Waals surface area contributed by atoms with E-state index < -0.39 is 5.97 Å². The molecule has 0 aliphatic rings. The van der Waals surface area contributed by atoms with E-state index in [0.29, 0.717) is 11.0 Å². The van der Waals surface area contributed by atoms with Crippen LogP contribution in [-0.4, -0.2) is 26.1 Å². The molecule has 0 aliphatic carbocycles. The Morgan fingerprint density at radius 3 is 2.81 bits per heavy atom. The van der Waals surface area contributed by atoms with Gasteiger partial charge in [-0.3, -0.25) is 6.58 Å². The molecule has 2 aromatic carbocycles. The predicted molar refractivity (Wildman–Crippen MR) is 93.9 cm³/mol. The average Bonchev–Trinajstić information content (AvgIpc) is 3.04. The van der Waals surface area contributed by atoms with Crippen molar-refractivity contribution in [1.82, 2.24) is 15.0 Å². The average molecular weight is 519 g/mol. The Hall–Kier alpha value is -2.72. The van der Waals surface area contributed by atoms with Gasteiger partial charge in [-0.25, -0.2) is 10.9 Å². The summed E-state index contributed by atoms with van der Waals surface area (Å²) in [6, 6.07) is 8.27. The van der Waals surface area contributed by atoms with Crippen molar-refractivity contribution in [1.29, 1.82) is 0 Å². The Bertz CT molecular complexity index is 1050. The first-order chi connectivity index (χ1) is 12.4. The van der Waals surface area contributed by atoms with Crippen LogP contribution in [0.15, 0.2) is 48.5 Å². The second-order valence-corrected chi connectivity index (χ2v) is 5.48. The SMILES string of the molecule is [2H]c1cc(COC(=O)C(=C)C)c(O)c(-n2nc3ccc(C=[CH-])cc3n2)c1.[W]. The Kier molecular flexibility index (Phi) is 5.64. The van der Waals surface area contributed by atoms with E-state index in [1.165, 1.54) is 29.9 Å². The molecule has 1 heterocycles. The summed E-state index contributed by atoms with van der Waals surface area (Å²) < 4.78 is 13.0. The number of aromatic nitrogens is 3. The Balaban J connectivity index is 0.00000261. The van der Waals surface area contributed by atoms with Gasteiger partial charge in [-0.2, -0.15) is 5.56 Å². The first kappa shape index (κ1) is 18.1. The molecular weight excluding hydrogens is 502 g/mol. The van der Waals surface area contributed by atoms with Crippen LogP contribution in [0.5, 0.6) is 5.75 Å². The van der Waals surface area contributed by atoms with Gasteiger partial charge in [-0.15, -0.1) is 27.1 Å². The second kappa shape index (κ2) is 8.10. The molecule has 0 amide bonds. The summed E-state index contributed by atoms with van der Waals surface area (Å²) >= 11 is 0. The molecule has 0 spiro atoms. The van der Waals surface area contributed by atoms with Crippen molar-refractivity contribution >= 4 is 23.1 Å². The van der Waals surface area contributed by atoms with Crippen LogP contribution < -0.4 is 0 Å². The molecule has 0 saturated heterocycles. The van der Waals surface area contributed by atoms with E-state index in [1.807, 2.05) is 0 Å². The van der Waals surface area contributed by atoms with E-state index in [9.17, 15) is 9.90 Å². The molecule has 26 heavy (non-hydrogen) atoms. The second-order valence-electron chi connectivity index (χ2n) is 5.48. The smallest absolute Gasteiger partial charge is 0.333 e. The number of phenols is 1. The summed E-state index contributed by atoms with van der Waals surface area (Å²) in [5.41, 5.74) is 2.73. The van der Waals surface area contributed by atoms with Gasteiger partial charge in [-0.1, -0.05) is 18.7 Å². The summed E-state index contributed by atoms with van der Waals surface area (Å²) in [7, 11) is 0. The van der Waals surface area contributed by atoms with Gasteiger partial charge in [0.15, 0.2) is 0 Å². The molecule has 0 saturated carbocycles. The molecule has 0 atom stereocenters. The summed E-state index contributed by atoms with van der Waals surface area (Å²) in [6.45, 7) is 10.3. The Morgan fingerprint density at radius 1 is 1.38 bits per heavy atom. The normalized spacial score (nSPS) is 10.7. The first-order valence-electron chi connectivity index (χ1n) is 7.96. The fourth-order valence-corrected chi connectivity index (χ4v) is 2.19. The molecule has 0 aliphatic heterocycles. The van der Waals surface area contributed by atoms with E-state index >= 15 is 0 Å². The number of rotatable bonds is 5. The molecule has 132 valence electrons. The maximum Gasteiger partial charge on any atom is 0.333 e. The first-order valence-corrected chi connectivity index (χ1v) is 7.46. The van der Waals surface area contributed by atoms with E-state index in [4.69, 9.17) is 12.7 Å². The van der Waals surface area contributed by atoms with E-state index in [-0.39, 0.29) is 56.3 Å². The number of phenolic OH excluding ortho intramolecular Hbond substituents is 1. The van der Waals surface area contributed by atoms with Crippen LogP contribution in [0.1, 0.15) is 19.4 Å².